The van der Waals surface area contributed by atoms with Crippen LogP contribution in [0.15, 0.2) is 84.9 Å². The number of hydrogen-bond acceptors (Lipinski definition) is 0. The van der Waals surface area contributed by atoms with Gasteiger partial charge in [-0.2, -0.15) is 0 Å². The lowest BCUT2D eigenvalue weighted by molar-refractivity contribution is 1.50. The van der Waals surface area contributed by atoms with Crippen LogP contribution in [0.25, 0.3) is 22.3 Å². The molecule has 0 aliphatic heterocycles. The first-order valence-electron chi connectivity index (χ1n) is 13.1. The molecule has 3 aromatic carbocycles. The topological polar surface area (TPSA) is 0 Å². The van der Waals surface area contributed by atoms with Crippen molar-refractivity contribution in [1.29, 1.82) is 0 Å². The molecule has 0 atom stereocenters. The van der Waals surface area contributed by atoms with E-state index >= 15 is 0 Å². The van der Waals surface area contributed by atoms with Crippen LogP contribution in [0.2, 0.25) is 0 Å². The van der Waals surface area contributed by atoms with E-state index in [0.29, 0.717) is 0 Å². The maximum Gasteiger partial charge on any atom is -0.0184 e. The summed E-state index contributed by atoms with van der Waals surface area (Å²) in [7, 11) is 0. The largest absolute Gasteiger partial charge is 0.0683 e. The van der Waals surface area contributed by atoms with Gasteiger partial charge in [0.2, 0.25) is 0 Å². The Morgan fingerprint density at radius 1 is 0.219 bits per heavy atom. The average Bonchev–Trinajstić information content (AvgIpc) is 2.97. The standard InChI is InChI=1S/C18H14.7C2H6/c1-3-7-15(8-4-1)17-11-13-18(14-12-17)16-9-5-2-6-10-16;7*1-2/h1-14H;7*1-2H3. The quantitative estimate of drug-likeness (QED) is 0.371. The lowest BCUT2D eigenvalue weighted by Crippen LogP contribution is -1.79. The van der Waals surface area contributed by atoms with E-state index in [2.05, 4.69) is 72.8 Å². The summed E-state index contributed by atoms with van der Waals surface area (Å²) in [6.07, 6.45) is 0. The van der Waals surface area contributed by atoms with Gasteiger partial charge in [-0.25, -0.2) is 0 Å². The van der Waals surface area contributed by atoms with Crippen LogP contribution < -0.4 is 0 Å². The van der Waals surface area contributed by atoms with E-state index in [1.54, 1.807) is 0 Å². The Labute approximate surface area is 204 Å². The highest BCUT2D eigenvalue weighted by atomic mass is 14.0. The Kier molecular flexibility index (Phi) is 49.0. The van der Waals surface area contributed by atoms with Gasteiger partial charge < -0.3 is 0 Å². The van der Waals surface area contributed by atoms with Gasteiger partial charge in [0.1, 0.15) is 0 Å². The van der Waals surface area contributed by atoms with Crippen LogP contribution in [0, 0.1) is 0 Å². The zero-order chi connectivity index (χ0) is 26.2. The van der Waals surface area contributed by atoms with Gasteiger partial charge in [0.25, 0.3) is 0 Å². The Hall–Kier alpha value is -2.34. The van der Waals surface area contributed by atoms with Crippen molar-refractivity contribution in [2.75, 3.05) is 0 Å². The third kappa shape index (κ3) is 19.6. The SMILES string of the molecule is CC.CC.CC.CC.CC.CC.CC.c1ccc(-c2ccc(-c3ccccc3)cc2)cc1. The normalized spacial score (nSPS) is 7.06. The van der Waals surface area contributed by atoms with E-state index in [-0.39, 0.29) is 0 Å². The molecule has 0 aromatic heterocycles. The summed E-state index contributed by atoms with van der Waals surface area (Å²) in [6, 6.07) is 29.6. The van der Waals surface area contributed by atoms with E-state index in [1.807, 2.05) is 109 Å². The summed E-state index contributed by atoms with van der Waals surface area (Å²) in [5.74, 6) is 0. The lowest BCUT2D eigenvalue weighted by Gasteiger charge is -2.04. The Morgan fingerprint density at radius 3 is 0.562 bits per heavy atom. The van der Waals surface area contributed by atoms with Gasteiger partial charge in [-0.1, -0.05) is 182 Å². The highest BCUT2D eigenvalue weighted by Crippen LogP contribution is 2.24. The molecule has 0 N–H and O–H groups in total. The summed E-state index contributed by atoms with van der Waals surface area (Å²) in [5.41, 5.74) is 5.04. The minimum Gasteiger partial charge on any atom is -0.0683 e. The molecular weight excluding hydrogens is 384 g/mol. The summed E-state index contributed by atoms with van der Waals surface area (Å²) < 4.78 is 0. The molecule has 0 radical (unpaired) electrons. The molecule has 184 valence electrons. The molecule has 0 nitrogen and oxygen atoms in total. The maximum atomic E-state index is 2.18. The Balaban J connectivity index is -0.000000150. The smallest absolute Gasteiger partial charge is 0.0184 e. The average molecular weight is 441 g/mol. The summed E-state index contributed by atoms with van der Waals surface area (Å²) in [4.78, 5) is 0. The van der Waals surface area contributed by atoms with E-state index in [1.165, 1.54) is 22.3 Å². The van der Waals surface area contributed by atoms with E-state index in [9.17, 15) is 0 Å². The molecular formula is C32H56. The van der Waals surface area contributed by atoms with Crippen LogP contribution >= 0.6 is 0 Å². The molecule has 3 rings (SSSR count). The molecule has 0 unspecified atom stereocenters. The van der Waals surface area contributed by atoms with Crippen LogP contribution in [0.4, 0.5) is 0 Å². The van der Waals surface area contributed by atoms with E-state index in [4.69, 9.17) is 0 Å². The monoisotopic (exact) mass is 440 g/mol. The maximum absolute atomic E-state index is 2.18. The first-order chi connectivity index (χ1) is 15.9. The van der Waals surface area contributed by atoms with Gasteiger partial charge in [-0.3, -0.25) is 0 Å². The predicted molar refractivity (Wildman–Crippen MR) is 157 cm³/mol. The fraction of sp³-hybridized carbons (Fsp3) is 0.438. The summed E-state index contributed by atoms with van der Waals surface area (Å²) in [5, 5.41) is 0. The van der Waals surface area contributed by atoms with Crippen LogP contribution in [-0.4, -0.2) is 0 Å². The van der Waals surface area contributed by atoms with Gasteiger partial charge in [0.05, 0.1) is 0 Å². The van der Waals surface area contributed by atoms with Crippen molar-refractivity contribution in [3.05, 3.63) is 84.9 Å². The molecule has 0 heterocycles. The Bertz CT molecular complexity index is 549. The number of benzene rings is 3. The zero-order valence-electron chi connectivity index (χ0n) is 24.1. The van der Waals surface area contributed by atoms with Gasteiger partial charge >= 0.3 is 0 Å². The van der Waals surface area contributed by atoms with Crippen molar-refractivity contribution in [2.45, 2.75) is 96.9 Å². The van der Waals surface area contributed by atoms with Crippen LogP contribution in [0.5, 0.6) is 0 Å². The van der Waals surface area contributed by atoms with E-state index < -0.39 is 0 Å². The second kappa shape index (κ2) is 39.2. The predicted octanol–water partition coefficient (Wildman–Crippen LogP) is 12.2. The van der Waals surface area contributed by atoms with Gasteiger partial charge in [-0.15, -0.1) is 0 Å². The van der Waals surface area contributed by atoms with Gasteiger partial charge in [-0.05, 0) is 22.3 Å². The second-order valence-corrected chi connectivity index (χ2v) is 4.31. The van der Waals surface area contributed by atoms with Crippen molar-refractivity contribution in [3.63, 3.8) is 0 Å². The molecule has 0 fully saturated rings. The van der Waals surface area contributed by atoms with Crippen LogP contribution in [0.3, 0.4) is 0 Å². The van der Waals surface area contributed by atoms with Crippen LogP contribution in [-0.2, 0) is 0 Å². The summed E-state index contributed by atoms with van der Waals surface area (Å²) >= 11 is 0. The summed E-state index contributed by atoms with van der Waals surface area (Å²) in [6.45, 7) is 28.0. The molecule has 32 heavy (non-hydrogen) atoms. The number of rotatable bonds is 2. The molecule has 0 amide bonds. The highest BCUT2D eigenvalue weighted by Gasteiger charge is 1.98. The van der Waals surface area contributed by atoms with Crippen LogP contribution in [0.1, 0.15) is 96.9 Å². The molecule has 3 aromatic rings. The molecule has 0 aliphatic carbocycles. The van der Waals surface area contributed by atoms with Gasteiger partial charge in [0, 0.05) is 0 Å². The second-order valence-electron chi connectivity index (χ2n) is 4.31. The minimum absolute atomic E-state index is 1.26. The fourth-order valence-corrected chi connectivity index (χ4v) is 2.12. The van der Waals surface area contributed by atoms with E-state index in [0.717, 1.165) is 0 Å². The number of hydrogen-bond donors (Lipinski definition) is 0. The molecule has 0 saturated carbocycles. The molecule has 0 bridgehead atoms. The third-order valence-corrected chi connectivity index (χ3v) is 3.10. The lowest BCUT2D eigenvalue weighted by atomic mass is 10.0. The Morgan fingerprint density at radius 2 is 0.375 bits per heavy atom. The van der Waals surface area contributed by atoms with Crippen molar-refractivity contribution < 1.29 is 0 Å². The first kappa shape index (κ1) is 40.1. The van der Waals surface area contributed by atoms with Crippen molar-refractivity contribution >= 4 is 0 Å². The fourth-order valence-electron chi connectivity index (χ4n) is 2.12. The molecule has 0 spiro atoms. The minimum atomic E-state index is 1.26. The molecule has 0 saturated heterocycles. The van der Waals surface area contributed by atoms with Gasteiger partial charge in [0.15, 0.2) is 0 Å². The van der Waals surface area contributed by atoms with Crippen molar-refractivity contribution in [1.82, 2.24) is 0 Å². The first-order valence-corrected chi connectivity index (χ1v) is 13.1. The highest BCUT2D eigenvalue weighted by molar-refractivity contribution is 5.70. The van der Waals surface area contributed by atoms with Crippen molar-refractivity contribution in [3.8, 4) is 22.3 Å². The zero-order valence-corrected chi connectivity index (χ0v) is 24.1. The third-order valence-electron chi connectivity index (χ3n) is 3.10. The molecule has 0 aliphatic rings. The van der Waals surface area contributed by atoms with Crippen molar-refractivity contribution in [2.24, 2.45) is 0 Å². The molecule has 0 heteroatoms.